The van der Waals surface area contributed by atoms with Gasteiger partial charge in [0.15, 0.2) is 0 Å². The zero-order valence-electron chi connectivity index (χ0n) is 12.4. The van der Waals surface area contributed by atoms with Crippen molar-refractivity contribution in [2.45, 2.75) is 25.7 Å². The molecule has 1 aromatic carbocycles. The second-order valence-electron chi connectivity index (χ2n) is 6.11. The van der Waals surface area contributed by atoms with E-state index in [9.17, 15) is 0 Å². The monoisotopic (exact) mass is 274 g/mol. The van der Waals surface area contributed by atoms with Crippen molar-refractivity contribution in [3.63, 3.8) is 0 Å². The molecule has 2 N–H and O–H groups in total. The lowest BCUT2D eigenvalue weighted by Crippen LogP contribution is -2.50. The summed E-state index contributed by atoms with van der Waals surface area (Å²) in [6.45, 7) is 7.26. The Morgan fingerprint density at radius 2 is 2.05 bits per heavy atom. The van der Waals surface area contributed by atoms with E-state index in [0.717, 1.165) is 18.2 Å². The molecule has 3 nitrogen and oxygen atoms in total. The summed E-state index contributed by atoms with van der Waals surface area (Å²) in [7, 11) is 0. The first-order valence-electron chi connectivity index (χ1n) is 7.97. The van der Waals surface area contributed by atoms with E-state index in [4.69, 9.17) is 10.5 Å². The summed E-state index contributed by atoms with van der Waals surface area (Å²) in [5, 5.41) is 0. The summed E-state index contributed by atoms with van der Waals surface area (Å²) in [5.74, 6) is 3.01. The molecule has 20 heavy (non-hydrogen) atoms. The van der Waals surface area contributed by atoms with Gasteiger partial charge in [-0.3, -0.25) is 0 Å². The summed E-state index contributed by atoms with van der Waals surface area (Å²) in [4.78, 5) is 2.61. The Balaban J connectivity index is 1.86. The standard InChI is InChI=1S/C17H26N2O/c1-2-20-17-6-4-3-5-14(17)15(11-18)16-12-19-9-7-13(16)8-10-19/h3-6,13,15-16H,2,7-12,18H2,1H3. The number of benzene rings is 1. The number of nitrogens with zero attached hydrogens (tertiary/aromatic N) is 1. The fourth-order valence-electron chi connectivity index (χ4n) is 4.07. The molecule has 0 amide bonds. The van der Waals surface area contributed by atoms with Crippen LogP contribution in [0.2, 0.25) is 0 Å². The van der Waals surface area contributed by atoms with Crippen molar-refractivity contribution < 1.29 is 4.74 Å². The van der Waals surface area contributed by atoms with Gasteiger partial charge in [0.25, 0.3) is 0 Å². The van der Waals surface area contributed by atoms with E-state index in [0.29, 0.717) is 18.4 Å². The van der Waals surface area contributed by atoms with Crippen LogP contribution in [-0.2, 0) is 0 Å². The summed E-state index contributed by atoms with van der Waals surface area (Å²) >= 11 is 0. The molecule has 0 spiro atoms. The lowest BCUT2D eigenvalue weighted by atomic mass is 9.70. The fraction of sp³-hybridized carbons (Fsp3) is 0.647. The van der Waals surface area contributed by atoms with Crippen LogP contribution in [0.15, 0.2) is 24.3 Å². The van der Waals surface area contributed by atoms with Gasteiger partial charge in [0, 0.05) is 12.5 Å². The first-order valence-corrected chi connectivity index (χ1v) is 7.97. The molecule has 0 aliphatic carbocycles. The predicted octanol–water partition coefficient (Wildman–Crippen LogP) is 2.47. The minimum atomic E-state index is 0.436. The quantitative estimate of drug-likeness (QED) is 0.896. The van der Waals surface area contributed by atoms with Gasteiger partial charge in [-0.05, 0) is 62.9 Å². The Labute approximate surface area is 122 Å². The van der Waals surface area contributed by atoms with Gasteiger partial charge in [-0.15, -0.1) is 0 Å². The third-order valence-corrected chi connectivity index (χ3v) is 5.10. The predicted molar refractivity (Wildman–Crippen MR) is 82.1 cm³/mol. The first kappa shape index (κ1) is 13.9. The second kappa shape index (κ2) is 6.15. The smallest absolute Gasteiger partial charge is 0.122 e. The second-order valence-corrected chi connectivity index (χ2v) is 6.11. The van der Waals surface area contributed by atoms with E-state index in [2.05, 4.69) is 29.2 Å². The minimum absolute atomic E-state index is 0.436. The molecule has 0 aromatic heterocycles. The van der Waals surface area contributed by atoms with E-state index in [1.54, 1.807) is 0 Å². The molecule has 0 radical (unpaired) electrons. The molecule has 0 saturated carbocycles. The lowest BCUT2D eigenvalue weighted by Gasteiger charge is -2.47. The van der Waals surface area contributed by atoms with Gasteiger partial charge < -0.3 is 15.4 Å². The number of nitrogens with two attached hydrogens (primary N) is 1. The molecule has 3 heteroatoms. The number of ether oxygens (including phenoxy) is 1. The van der Waals surface area contributed by atoms with E-state index < -0.39 is 0 Å². The number of fused-ring (bicyclic) bond motifs is 3. The van der Waals surface area contributed by atoms with Crippen LogP contribution in [0.5, 0.6) is 5.75 Å². The highest BCUT2D eigenvalue weighted by molar-refractivity contribution is 5.37. The maximum atomic E-state index is 6.16. The van der Waals surface area contributed by atoms with Gasteiger partial charge in [-0.1, -0.05) is 18.2 Å². The Kier molecular flexibility index (Phi) is 4.27. The van der Waals surface area contributed by atoms with E-state index in [1.165, 1.54) is 38.0 Å². The highest BCUT2D eigenvalue weighted by Crippen LogP contribution is 2.42. The summed E-state index contributed by atoms with van der Waals surface area (Å²) in [6.07, 6.45) is 2.69. The third kappa shape index (κ3) is 2.57. The minimum Gasteiger partial charge on any atom is -0.494 e. The Bertz CT molecular complexity index is 440. The lowest BCUT2D eigenvalue weighted by molar-refractivity contribution is 0.0374. The van der Waals surface area contributed by atoms with Crippen molar-refractivity contribution in [1.29, 1.82) is 0 Å². The van der Waals surface area contributed by atoms with Crippen LogP contribution in [0.25, 0.3) is 0 Å². The normalized spacial score (nSPS) is 30.2. The van der Waals surface area contributed by atoms with Crippen molar-refractivity contribution in [1.82, 2.24) is 4.90 Å². The van der Waals surface area contributed by atoms with E-state index >= 15 is 0 Å². The third-order valence-electron chi connectivity index (χ3n) is 5.10. The van der Waals surface area contributed by atoms with Crippen LogP contribution < -0.4 is 10.5 Å². The van der Waals surface area contributed by atoms with Crippen molar-refractivity contribution in [2.24, 2.45) is 17.6 Å². The average molecular weight is 274 g/mol. The molecule has 3 aliphatic rings. The maximum absolute atomic E-state index is 6.16. The van der Waals surface area contributed by atoms with Gasteiger partial charge in [0.2, 0.25) is 0 Å². The largest absolute Gasteiger partial charge is 0.494 e. The molecule has 4 rings (SSSR count). The van der Waals surface area contributed by atoms with Crippen molar-refractivity contribution >= 4 is 0 Å². The van der Waals surface area contributed by atoms with Crippen LogP contribution in [0.1, 0.15) is 31.2 Å². The summed E-state index contributed by atoms with van der Waals surface area (Å²) in [6, 6.07) is 8.46. The zero-order valence-corrected chi connectivity index (χ0v) is 12.4. The van der Waals surface area contributed by atoms with Crippen LogP contribution >= 0.6 is 0 Å². The molecule has 110 valence electrons. The van der Waals surface area contributed by atoms with Crippen LogP contribution in [-0.4, -0.2) is 37.7 Å². The summed E-state index contributed by atoms with van der Waals surface area (Å²) in [5.41, 5.74) is 7.47. The molecular formula is C17H26N2O. The van der Waals surface area contributed by atoms with Crippen LogP contribution in [0.4, 0.5) is 0 Å². The first-order chi connectivity index (χ1) is 9.83. The fourth-order valence-corrected chi connectivity index (χ4v) is 4.07. The van der Waals surface area contributed by atoms with E-state index in [1.807, 2.05) is 6.92 Å². The molecular weight excluding hydrogens is 248 g/mol. The number of piperidine rings is 3. The van der Waals surface area contributed by atoms with Crippen LogP contribution in [0.3, 0.4) is 0 Å². The topological polar surface area (TPSA) is 38.5 Å². The molecule has 2 bridgehead atoms. The molecule has 2 unspecified atom stereocenters. The molecule has 3 saturated heterocycles. The van der Waals surface area contributed by atoms with Gasteiger partial charge in [-0.2, -0.15) is 0 Å². The Morgan fingerprint density at radius 3 is 2.65 bits per heavy atom. The molecule has 3 fully saturated rings. The SMILES string of the molecule is CCOc1ccccc1C(CN)C1CN2CCC1CC2. The van der Waals surface area contributed by atoms with Crippen LogP contribution in [0, 0.1) is 11.8 Å². The van der Waals surface area contributed by atoms with Gasteiger partial charge >= 0.3 is 0 Å². The number of rotatable bonds is 5. The van der Waals surface area contributed by atoms with Gasteiger partial charge in [0.05, 0.1) is 6.61 Å². The highest BCUT2D eigenvalue weighted by atomic mass is 16.5. The Morgan fingerprint density at radius 1 is 1.30 bits per heavy atom. The molecule has 1 aromatic rings. The number of para-hydroxylation sites is 1. The van der Waals surface area contributed by atoms with Crippen molar-refractivity contribution in [3.05, 3.63) is 29.8 Å². The van der Waals surface area contributed by atoms with E-state index in [-0.39, 0.29) is 0 Å². The Hall–Kier alpha value is -1.06. The maximum Gasteiger partial charge on any atom is 0.122 e. The number of hydrogen-bond donors (Lipinski definition) is 1. The summed E-state index contributed by atoms with van der Waals surface area (Å²) < 4.78 is 5.82. The zero-order chi connectivity index (χ0) is 13.9. The molecule has 3 aliphatic heterocycles. The average Bonchev–Trinajstić information content (AvgIpc) is 2.51. The van der Waals surface area contributed by atoms with Gasteiger partial charge in [-0.25, -0.2) is 0 Å². The van der Waals surface area contributed by atoms with Gasteiger partial charge in [0.1, 0.15) is 5.75 Å². The molecule has 3 heterocycles. The van der Waals surface area contributed by atoms with Crippen molar-refractivity contribution in [2.75, 3.05) is 32.8 Å². The van der Waals surface area contributed by atoms with Crippen molar-refractivity contribution in [3.8, 4) is 5.75 Å². The molecule has 2 atom stereocenters. The number of hydrogen-bond acceptors (Lipinski definition) is 3. The highest BCUT2D eigenvalue weighted by Gasteiger charge is 2.39.